The predicted molar refractivity (Wildman–Crippen MR) is 84.3 cm³/mol. The zero-order valence-electron chi connectivity index (χ0n) is 13.0. The summed E-state index contributed by atoms with van der Waals surface area (Å²) in [4.78, 5) is 12.1. The van der Waals surface area contributed by atoms with Crippen LogP contribution in [0.3, 0.4) is 0 Å². The third-order valence-electron chi connectivity index (χ3n) is 3.30. The fourth-order valence-electron chi connectivity index (χ4n) is 1.99. The van der Waals surface area contributed by atoms with E-state index in [1.807, 2.05) is 50.2 Å². The van der Waals surface area contributed by atoms with Gasteiger partial charge in [-0.05, 0) is 24.0 Å². The van der Waals surface area contributed by atoms with Gasteiger partial charge in [-0.1, -0.05) is 63.9 Å². The van der Waals surface area contributed by atoms with Crippen LogP contribution in [0.15, 0.2) is 35.9 Å². The molecule has 1 aromatic rings. The number of nitrogens with zero attached hydrogens (tertiary/aromatic N) is 1. The molecule has 1 unspecified atom stereocenters. The Hall–Kier alpha value is -2.08. The van der Waals surface area contributed by atoms with E-state index in [1.165, 1.54) is 0 Å². The molecule has 3 nitrogen and oxygen atoms in total. The maximum Gasteiger partial charge on any atom is 0.349 e. The first-order valence-electron chi connectivity index (χ1n) is 7.46. The van der Waals surface area contributed by atoms with Gasteiger partial charge in [-0.2, -0.15) is 5.26 Å². The van der Waals surface area contributed by atoms with Crippen molar-refractivity contribution in [3.05, 3.63) is 41.5 Å². The van der Waals surface area contributed by atoms with E-state index >= 15 is 0 Å². The number of nitriles is 1. The first-order chi connectivity index (χ1) is 10.1. The van der Waals surface area contributed by atoms with Gasteiger partial charge >= 0.3 is 5.97 Å². The molecule has 0 fully saturated rings. The number of unbranched alkanes of at least 4 members (excludes halogenated alkanes) is 1. The van der Waals surface area contributed by atoms with Gasteiger partial charge in [-0.3, -0.25) is 0 Å². The van der Waals surface area contributed by atoms with Crippen LogP contribution in [0.25, 0.3) is 6.08 Å². The molecule has 1 atom stereocenters. The van der Waals surface area contributed by atoms with Gasteiger partial charge < -0.3 is 4.74 Å². The standard InChI is InChI=1S/C18H23NO2/c1-4-5-11-17(14(2)3)21-18(20)16(13-19)12-15-9-7-6-8-10-15/h6-10,12,14,17H,4-5,11H2,1-3H3. The first kappa shape index (κ1) is 17.0. The molecule has 0 N–H and O–H groups in total. The highest BCUT2D eigenvalue weighted by molar-refractivity contribution is 5.97. The van der Waals surface area contributed by atoms with Gasteiger partial charge in [0.15, 0.2) is 0 Å². The zero-order valence-corrected chi connectivity index (χ0v) is 13.0. The Balaban J connectivity index is 2.79. The number of benzene rings is 1. The molecule has 0 amide bonds. The molecule has 0 heterocycles. The third kappa shape index (κ3) is 5.83. The SMILES string of the molecule is CCCCC(OC(=O)C(C#N)=Cc1ccccc1)C(C)C. The summed E-state index contributed by atoms with van der Waals surface area (Å²) in [5, 5.41) is 9.17. The normalized spacial score (nSPS) is 12.8. The number of carbonyl (C=O) groups excluding carboxylic acids is 1. The number of hydrogen-bond acceptors (Lipinski definition) is 3. The van der Waals surface area contributed by atoms with Crippen LogP contribution in [-0.2, 0) is 9.53 Å². The van der Waals surface area contributed by atoms with Crippen LogP contribution in [0.1, 0.15) is 45.6 Å². The lowest BCUT2D eigenvalue weighted by Gasteiger charge is -2.21. The maximum atomic E-state index is 12.1. The summed E-state index contributed by atoms with van der Waals surface area (Å²) in [5.41, 5.74) is 0.865. The van der Waals surface area contributed by atoms with Crippen molar-refractivity contribution >= 4 is 12.0 Å². The van der Waals surface area contributed by atoms with Crippen LogP contribution >= 0.6 is 0 Å². The van der Waals surface area contributed by atoms with Crippen LogP contribution in [-0.4, -0.2) is 12.1 Å². The van der Waals surface area contributed by atoms with Gasteiger partial charge in [0.1, 0.15) is 17.7 Å². The van der Waals surface area contributed by atoms with E-state index in [4.69, 9.17) is 10.00 Å². The second-order valence-corrected chi connectivity index (χ2v) is 5.41. The second kappa shape index (κ2) is 8.97. The minimum absolute atomic E-state index is 0.0448. The molecule has 0 spiro atoms. The van der Waals surface area contributed by atoms with Gasteiger partial charge in [0, 0.05) is 0 Å². The summed E-state index contributed by atoms with van der Waals surface area (Å²) in [7, 11) is 0. The molecule has 0 aromatic heterocycles. The maximum absolute atomic E-state index is 12.1. The minimum atomic E-state index is -0.531. The van der Waals surface area contributed by atoms with Crippen LogP contribution in [0.5, 0.6) is 0 Å². The Bertz CT molecular complexity index is 512. The predicted octanol–water partition coefficient (Wildman–Crippen LogP) is 4.35. The Morgan fingerprint density at radius 2 is 2.00 bits per heavy atom. The first-order valence-corrected chi connectivity index (χ1v) is 7.46. The summed E-state index contributed by atoms with van der Waals surface area (Å²) in [5.74, 6) is -0.284. The van der Waals surface area contributed by atoms with Crippen LogP contribution < -0.4 is 0 Å². The van der Waals surface area contributed by atoms with Crippen molar-refractivity contribution in [2.45, 2.75) is 46.1 Å². The highest BCUT2D eigenvalue weighted by Gasteiger charge is 2.20. The Labute approximate surface area is 127 Å². The van der Waals surface area contributed by atoms with Gasteiger partial charge in [0.25, 0.3) is 0 Å². The molecule has 0 aliphatic carbocycles. The van der Waals surface area contributed by atoms with Crippen molar-refractivity contribution in [1.82, 2.24) is 0 Å². The molecule has 0 saturated carbocycles. The summed E-state index contributed by atoms with van der Waals surface area (Å²) in [6.07, 6.45) is 4.35. The molecule has 0 bridgehead atoms. The smallest absolute Gasteiger partial charge is 0.349 e. The zero-order chi connectivity index (χ0) is 15.7. The lowest BCUT2D eigenvalue weighted by Crippen LogP contribution is -2.24. The summed E-state index contributed by atoms with van der Waals surface area (Å²) < 4.78 is 5.51. The fraction of sp³-hybridized carbons (Fsp3) is 0.444. The summed E-state index contributed by atoms with van der Waals surface area (Å²) >= 11 is 0. The number of hydrogen-bond donors (Lipinski definition) is 0. The number of rotatable bonds is 7. The van der Waals surface area contributed by atoms with E-state index in [1.54, 1.807) is 6.08 Å². The van der Waals surface area contributed by atoms with Crippen molar-refractivity contribution in [1.29, 1.82) is 5.26 Å². The third-order valence-corrected chi connectivity index (χ3v) is 3.30. The average Bonchev–Trinajstić information content (AvgIpc) is 2.49. The number of carbonyl (C=O) groups is 1. The van der Waals surface area contributed by atoms with E-state index < -0.39 is 5.97 Å². The van der Waals surface area contributed by atoms with Crippen molar-refractivity contribution in [3.8, 4) is 6.07 Å². The molecule has 1 aromatic carbocycles. The lowest BCUT2D eigenvalue weighted by atomic mass is 10.0. The van der Waals surface area contributed by atoms with Crippen LogP contribution in [0.4, 0.5) is 0 Å². The number of ether oxygens (including phenoxy) is 1. The topological polar surface area (TPSA) is 50.1 Å². The van der Waals surface area contributed by atoms with E-state index in [9.17, 15) is 4.79 Å². The molecule has 112 valence electrons. The van der Waals surface area contributed by atoms with E-state index in [0.29, 0.717) is 0 Å². The lowest BCUT2D eigenvalue weighted by molar-refractivity contribution is -0.146. The molecule has 0 saturated heterocycles. The molecule has 0 aliphatic heterocycles. The molecule has 3 heteroatoms. The van der Waals surface area contributed by atoms with Crippen LogP contribution in [0.2, 0.25) is 0 Å². The largest absolute Gasteiger partial charge is 0.458 e. The van der Waals surface area contributed by atoms with Crippen molar-refractivity contribution in [2.24, 2.45) is 5.92 Å². The molecule has 21 heavy (non-hydrogen) atoms. The van der Waals surface area contributed by atoms with Gasteiger partial charge in [0.2, 0.25) is 0 Å². The summed E-state index contributed by atoms with van der Waals surface area (Å²) in [6, 6.07) is 11.3. The monoisotopic (exact) mass is 285 g/mol. The average molecular weight is 285 g/mol. The highest BCUT2D eigenvalue weighted by atomic mass is 16.5. The van der Waals surface area contributed by atoms with Crippen LogP contribution in [0, 0.1) is 17.2 Å². The van der Waals surface area contributed by atoms with Crippen molar-refractivity contribution in [3.63, 3.8) is 0 Å². The second-order valence-electron chi connectivity index (χ2n) is 5.41. The summed E-state index contributed by atoms with van der Waals surface area (Å²) in [6.45, 7) is 6.16. The molecule has 0 aliphatic rings. The molecule has 0 radical (unpaired) electrons. The molecular formula is C18H23NO2. The van der Waals surface area contributed by atoms with E-state index in [-0.39, 0.29) is 17.6 Å². The van der Waals surface area contributed by atoms with E-state index in [0.717, 1.165) is 24.8 Å². The highest BCUT2D eigenvalue weighted by Crippen LogP contribution is 2.17. The quantitative estimate of drug-likeness (QED) is 0.425. The number of esters is 1. The van der Waals surface area contributed by atoms with Crippen molar-refractivity contribution < 1.29 is 9.53 Å². The minimum Gasteiger partial charge on any atom is -0.458 e. The Morgan fingerprint density at radius 1 is 1.33 bits per heavy atom. The van der Waals surface area contributed by atoms with E-state index in [2.05, 4.69) is 6.92 Å². The van der Waals surface area contributed by atoms with Gasteiger partial charge in [0.05, 0.1) is 0 Å². The van der Waals surface area contributed by atoms with Gasteiger partial charge in [-0.25, -0.2) is 4.79 Å². The Kier molecular flexibility index (Phi) is 7.25. The Morgan fingerprint density at radius 3 is 2.52 bits per heavy atom. The molecular weight excluding hydrogens is 262 g/mol. The van der Waals surface area contributed by atoms with Gasteiger partial charge in [-0.15, -0.1) is 0 Å². The molecule has 1 rings (SSSR count). The van der Waals surface area contributed by atoms with Crippen molar-refractivity contribution in [2.75, 3.05) is 0 Å². The fourth-order valence-corrected chi connectivity index (χ4v) is 1.99.